The monoisotopic (exact) mass is 430 g/mol. The van der Waals surface area contributed by atoms with Gasteiger partial charge in [0.25, 0.3) is 0 Å². The molecule has 0 N–H and O–H groups in total. The number of benzene rings is 2. The van der Waals surface area contributed by atoms with Gasteiger partial charge in [0.15, 0.2) is 0 Å². The number of hydrogen-bond acceptors (Lipinski definition) is 2. The van der Waals surface area contributed by atoms with Gasteiger partial charge < -0.3 is 9.47 Å². The Labute approximate surface area is 194 Å². The Kier molecular flexibility index (Phi) is 8.76. The maximum absolute atomic E-state index is 6.19. The molecular weight excluding hydrogens is 392 g/mol. The number of hydrogen-bond donors (Lipinski definition) is 0. The number of allylic oxidation sites excluding steroid dienone is 4. The van der Waals surface area contributed by atoms with E-state index in [9.17, 15) is 0 Å². The minimum atomic E-state index is 0.171. The molecule has 4 rings (SSSR count). The van der Waals surface area contributed by atoms with Crippen LogP contribution in [0.25, 0.3) is 0 Å². The van der Waals surface area contributed by atoms with Crippen molar-refractivity contribution in [1.82, 2.24) is 0 Å². The predicted octanol–water partition coefficient (Wildman–Crippen LogP) is 7.10. The molecule has 2 aromatic carbocycles. The summed E-state index contributed by atoms with van der Waals surface area (Å²) in [5.41, 5.74) is 6.09. The zero-order chi connectivity index (χ0) is 21.9. The number of aryl methyl sites for hydroxylation is 2. The van der Waals surface area contributed by atoms with Crippen molar-refractivity contribution in [2.45, 2.75) is 57.8 Å². The maximum atomic E-state index is 6.19. The fourth-order valence-corrected chi connectivity index (χ4v) is 4.97. The third-order valence-electron chi connectivity index (χ3n) is 6.68. The van der Waals surface area contributed by atoms with Crippen LogP contribution in [0.1, 0.15) is 56.1 Å². The van der Waals surface area contributed by atoms with Crippen LogP contribution in [0.15, 0.2) is 84.0 Å². The van der Waals surface area contributed by atoms with E-state index in [1.165, 1.54) is 30.4 Å². The zero-order valence-electron chi connectivity index (χ0n) is 19.4. The van der Waals surface area contributed by atoms with E-state index in [2.05, 4.69) is 72.8 Å². The van der Waals surface area contributed by atoms with Gasteiger partial charge in [-0.2, -0.15) is 0 Å². The first-order valence-electron chi connectivity index (χ1n) is 12.4. The minimum absolute atomic E-state index is 0.171. The molecular formula is C30H38O2. The third-order valence-corrected chi connectivity index (χ3v) is 6.68. The Morgan fingerprint density at radius 3 is 1.81 bits per heavy atom. The van der Waals surface area contributed by atoms with Crippen LogP contribution < -0.4 is 0 Å². The molecule has 1 fully saturated rings. The van der Waals surface area contributed by atoms with E-state index in [-0.39, 0.29) is 5.41 Å². The van der Waals surface area contributed by atoms with Gasteiger partial charge in [-0.1, -0.05) is 84.0 Å². The summed E-state index contributed by atoms with van der Waals surface area (Å²) in [4.78, 5) is 0. The molecule has 0 spiro atoms. The summed E-state index contributed by atoms with van der Waals surface area (Å²) in [5, 5.41) is 0. The fourth-order valence-electron chi connectivity index (χ4n) is 4.97. The molecule has 2 nitrogen and oxygen atoms in total. The molecule has 1 saturated carbocycles. The Balaban J connectivity index is 1.20. The minimum Gasteiger partial charge on any atom is -0.381 e. The highest BCUT2D eigenvalue weighted by molar-refractivity contribution is 5.31. The van der Waals surface area contributed by atoms with E-state index in [0.717, 1.165) is 65.0 Å². The molecule has 2 aliphatic carbocycles. The van der Waals surface area contributed by atoms with Crippen LogP contribution in [-0.4, -0.2) is 26.4 Å². The van der Waals surface area contributed by atoms with Gasteiger partial charge in [0.1, 0.15) is 0 Å². The van der Waals surface area contributed by atoms with Gasteiger partial charge in [-0.3, -0.25) is 0 Å². The summed E-state index contributed by atoms with van der Waals surface area (Å²) in [6, 6.07) is 21.4. The van der Waals surface area contributed by atoms with Crippen molar-refractivity contribution in [3.05, 3.63) is 95.1 Å². The van der Waals surface area contributed by atoms with Crippen molar-refractivity contribution in [3.8, 4) is 0 Å². The quantitative estimate of drug-likeness (QED) is 0.315. The molecule has 0 unspecified atom stereocenters. The second-order valence-corrected chi connectivity index (χ2v) is 9.61. The van der Waals surface area contributed by atoms with Gasteiger partial charge in [0.05, 0.1) is 13.2 Å². The molecule has 0 heterocycles. The van der Waals surface area contributed by atoms with E-state index in [1.54, 1.807) is 11.1 Å². The summed E-state index contributed by atoms with van der Waals surface area (Å²) in [6.07, 6.45) is 15.3. The van der Waals surface area contributed by atoms with Gasteiger partial charge >= 0.3 is 0 Å². The van der Waals surface area contributed by atoms with Crippen molar-refractivity contribution in [1.29, 1.82) is 0 Å². The SMILES string of the molecule is C1=C(C=C2CC(COCCCc3ccccc3)(COCCCc3ccccc3)C2)CCC1. The molecule has 2 aliphatic rings. The Morgan fingerprint density at radius 2 is 1.31 bits per heavy atom. The van der Waals surface area contributed by atoms with Crippen molar-refractivity contribution in [2.24, 2.45) is 5.41 Å². The maximum Gasteiger partial charge on any atom is 0.0550 e. The number of ether oxygens (including phenoxy) is 2. The topological polar surface area (TPSA) is 18.5 Å². The summed E-state index contributed by atoms with van der Waals surface area (Å²) in [6.45, 7) is 3.29. The van der Waals surface area contributed by atoms with Crippen LogP contribution >= 0.6 is 0 Å². The first-order valence-corrected chi connectivity index (χ1v) is 12.4. The zero-order valence-corrected chi connectivity index (χ0v) is 19.4. The second-order valence-electron chi connectivity index (χ2n) is 9.61. The van der Waals surface area contributed by atoms with Crippen molar-refractivity contribution in [3.63, 3.8) is 0 Å². The molecule has 0 saturated heterocycles. The predicted molar refractivity (Wildman–Crippen MR) is 133 cm³/mol. The lowest BCUT2D eigenvalue weighted by Crippen LogP contribution is -2.41. The summed E-state index contributed by atoms with van der Waals surface area (Å²) in [7, 11) is 0. The highest BCUT2D eigenvalue weighted by Gasteiger charge is 2.41. The van der Waals surface area contributed by atoms with Crippen LogP contribution in [0.5, 0.6) is 0 Å². The molecule has 0 radical (unpaired) electrons. The molecule has 2 heteroatoms. The van der Waals surface area contributed by atoms with Crippen molar-refractivity contribution in [2.75, 3.05) is 26.4 Å². The van der Waals surface area contributed by atoms with E-state index in [1.807, 2.05) is 0 Å². The second kappa shape index (κ2) is 12.2. The largest absolute Gasteiger partial charge is 0.381 e. The van der Waals surface area contributed by atoms with Crippen molar-refractivity contribution >= 4 is 0 Å². The fraction of sp³-hybridized carbons (Fsp3) is 0.467. The molecule has 0 aromatic heterocycles. The molecule has 32 heavy (non-hydrogen) atoms. The van der Waals surface area contributed by atoms with Crippen LogP contribution in [0.2, 0.25) is 0 Å². The molecule has 0 aliphatic heterocycles. The molecule has 170 valence electrons. The van der Waals surface area contributed by atoms with E-state index in [4.69, 9.17) is 9.47 Å². The van der Waals surface area contributed by atoms with Gasteiger partial charge in [0, 0.05) is 18.6 Å². The Bertz CT molecular complexity index is 807. The van der Waals surface area contributed by atoms with Crippen LogP contribution in [0.3, 0.4) is 0 Å². The average Bonchev–Trinajstić information content (AvgIpc) is 3.32. The smallest absolute Gasteiger partial charge is 0.0550 e. The molecule has 2 aromatic rings. The summed E-state index contributed by atoms with van der Waals surface area (Å²) >= 11 is 0. The van der Waals surface area contributed by atoms with E-state index < -0.39 is 0 Å². The summed E-state index contributed by atoms with van der Waals surface area (Å²) in [5.74, 6) is 0. The number of rotatable bonds is 13. The van der Waals surface area contributed by atoms with Gasteiger partial charge in [-0.25, -0.2) is 0 Å². The average molecular weight is 431 g/mol. The lowest BCUT2D eigenvalue weighted by atomic mass is 9.66. The van der Waals surface area contributed by atoms with Crippen LogP contribution in [0, 0.1) is 5.41 Å². The van der Waals surface area contributed by atoms with Crippen LogP contribution in [0.4, 0.5) is 0 Å². The van der Waals surface area contributed by atoms with Crippen molar-refractivity contribution < 1.29 is 9.47 Å². The van der Waals surface area contributed by atoms with E-state index >= 15 is 0 Å². The first kappa shape index (κ1) is 23.0. The Hall–Kier alpha value is -2.16. The standard InChI is InChI=1S/C30H38O2/c1-3-11-26(12-4-1)17-9-19-31-24-30(22-29(23-30)21-28-15-7-8-16-28)25-32-20-10-18-27-13-5-2-6-14-27/h1-6,11-15,21H,7-10,16-20,22-25H2. The third kappa shape index (κ3) is 7.18. The molecule has 0 atom stereocenters. The Morgan fingerprint density at radius 1 is 0.750 bits per heavy atom. The molecule has 0 amide bonds. The highest BCUT2D eigenvalue weighted by atomic mass is 16.5. The first-order chi connectivity index (χ1) is 15.8. The van der Waals surface area contributed by atoms with Gasteiger partial charge in [-0.05, 0) is 68.9 Å². The normalized spacial score (nSPS) is 17.1. The van der Waals surface area contributed by atoms with Gasteiger partial charge in [0.2, 0.25) is 0 Å². The van der Waals surface area contributed by atoms with Gasteiger partial charge in [-0.15, -0.1) is 0 Å². The van der Waals surface area contributed by atoms with Crippen LogP contribution in [-0.2, 0) is 22.3 Å². The lowest BCUT2D eigenvalue weighted by molar-refractivity contribution is -0.0448. The summed E-state index contributed by atoms with van der Waals surface area (Å²) < 4.78 is 12.4. The molecule has 0 bridgehead atoms. The van der Waals surface area contributed by atoms with E-state index in [0.29, 0.717) is 0 Å². The highest BCUT2D eigenvalue weighted by Crippen LogP contribution is 2.46. The lowest BCUT2D eigenvalue weighted by Gasteiger charge is -2.43.